The number of rotatable bonds is 3. The van der Waals surface area contributed by atoms with Crippen LogP contribution in [0.15, 0.2) is 41.3 Å². The zero-order valence-electron chi connectivity index (χ0n) is 11.2. The van der Waals surface area contributed by atoms with E-state index in [9.17, 15) is 9.59 Å². The van der Waals surface area contributed by atoms with Crippen molar-refractivity contribution in [2.75, 3.05) is 0 Å². The van der Waals surface area contributed by atoms with Crippen LogP contribution in [-0.4, -0.2) is 21.1 Å². The maximum absolute atomic E-state index is 11.4. The van der Waals surface area contributed by atoms with E-state index in [4.69, 9.17) is 0 Å². The Bertz CT molecular complexity index is 903. The first-order chi connectivity index (χ1) is 10.3. The summed E-state index contributed by atoms with van der Waals surface area (Å²) in [5, 5.41) is 5.30. The Morgan fingerprint density at radius 1 is 1.24 bits per heavy atom. The smallest absolute Gasteiger partial charge is 0.248 e. The summed E-state index contributed by atoms with van der Waals surface area (Å²) in [6.07, 6.45) is 4.66. The lowest BCUT2D eigenvalue weighted by atomic mass is 10.1. The van der Waals surface area contributed by atoms with Crippen LogP contribution in [0.2, 0.25) is 0 Å². The zero-order chi connectivity index (χ0) is 14.4. The quantitative estimate of drug-likeness (QED) is 0.748. The molecular weight excluding hydrogens is 266 g/mol. The van der Waals surface area contributed by atoms with Crippen LogP contribution in [0.5, 0.6) is 0 Å². The topological polar surface area (TPSA) is 67.8 Å². The average molecular weight is 279 g/mol. The predicted molar refractivity (Wildman–Crippen MR) is 79.1 cm³/mol. The predicted octanol–water partition coefficient (Wildman–Crippen LogP) is 2.40. The van der Waals surface area contributed by atoms with Crippen LogP contribution in [0.1, 0.15) is 34.8 Å². The number of hydrogen-bond donors (Lipinski definition) is 1. The Hall–Kier alpha value is -2.69. The second-order valence-corrected chi connectivity index (χ2v) is 5.35. The van der Waals surface area contributed by atoms with E-state index in [1.54, 1.807) is 12.3 Å². The van der Waals surface area contributed by atoms with E-state index < -0.39 is 0 Å². The van der Waals surface area contributed by atoms with Gasteiger partial charge in [0.1, 0.15) is 0 Å². The third-order valence-electron chi connectivity index (χ3n) is 3.90. The van der Waals surface area contributed by atoms with Crippen molar-refractivity contribution in [3.8, 4) is 5.69 Å². The minimum absolute atomic E-state index is 0.129. The zero-order valence-corrected chi connectivity index (χ0v) is 11.2. The number of pyridine rings is 1. The molecule has 1 aliphatic carbocycles. The van der Waals surface area contributed by atoms with Crippen molar-refractivity contribution in [1.29, 1.82) is 0 Å². The van der Waals surface area contributed by atoms with Crippen molar-refractivity contribution in [3.05, 3.63) is 58.1 Å². The SMILES string of the molecule is O=Cc1cnn(-c2cccc3[nH]c(=O)ccc23)c1C1CC1. The van der Waals surface area contributed by atoms with Gasteiger partial charge in [-0.25, -0.2) is 4.68 Å². The van der Waals surface area contributed by atoms with Crippen LogP contribution in [0.25, 0.3) is 16.6 Å². The fourth-order valence-electron chi connectivity index (χ4n) is 2.77. The van der Waals surface area contributed by atoms with E-state index in [2.05, 4.69) is 10.1 Å². The van der Waals surface area contributed by atoms with Crippen LogP contribution in [0, 0.1) is 0 Å². The van der Waals surface area contributed by atoms with Gasteiger partial charge in [0.25, 0.3) is 0 Å². The van der Waals surface area contributed by atoms with Gasteiger partial charge in [-0.15, -0.1) is 0 Å². The Kier molecular flexibility index (Phi) is 2.54. The summed E-state index contributed by atoms with van der Waals surface area (Å²) in [5.74, 6) is 0.408. The highest BCUT2D eigenvalue weighted by atomic mass is 16.1. The number of nitrogens with one attached hydrogen (secondary N) is 1. The highest BCUT2D eigenvalue weighted by Gasteiger charge is 2.30. The van der Waals surface area contributed by atoms with E-state index in [1.165, 1.54) is 6.07 Å². The molecule has 1 fully saturated rings. The first-order valence-corrected chi connectivity index (χ1v) is 6.93. The van der Waals surface area contributed by atoms with E-state index in [-0.39, 0.29) is 5.56 Å². The number of nitrogens with zero attached hydrogens (tertiary/aromatic N) is 2. The Labute approximate surface area is 120 Å². The number of aromatic amines is 1. The number of carbonyl (C=O) groups is 1. The molecule has 104 valence electrons. The third-order valence-corrected chi connectivity index (χ3v) is 3.90. The monoisotopic (exact) mass is 279 g/mol. The molecule has 2 heterocycles. The van der Waals surface area contributed by atoms with Crippen LogP contribution in [0.4, 0.5) is 0 Å². The van der Waals surface area contributed by atoms with E-state index >= 15 is 0 Å². The Morgan fingerprint density at radius 2 is 2.10 bits per heavy atom. The molecule has 1 aromatic carbocycles. The lowest BCUT2D eigenvalue weighted by molar-refractivity contribution is 0.112. The Morgan fingerprint density at radius 3 is 2.86 bits per heavy atom. The molecule has 0 bridgehead atoms. The van der Waals surface area contributed by atoms with Gasteiger partial charge < -0.3 is 4.98 Å². The summed E-state index contributed by atoms with van der Waals surface area (Å²) in [6, 6.07) is 9.00. The third kappa shape index (κ3) is 1.89. The van der Waals surface area contributed by atoms with Crippen molar-refractivity contribution < 1.29 is 4.79 Å². The van der Waals surface area contributed by atoms with Crippen molar-refractivity contribution in [2.45, 2.75) is 18.8 Å². The molecule has 2 aromatic heterocycles. The van der Waals surface area contributed by atoms with Gasteiger partial charge in [0.15, 0.2) is 6.29 Å². The van der Waals surface area contributed by atoms with Gasteiger partial charge in [-0.3, -0.25) is 9.59 Å². The summed E-state index contributed by atoms with van der Waals surface area (Å²) in [4.78, 5) is 25.5. The Balaban J connectivity index is 2.01. The second kappa shape index (κ2) is 4.41. The molecule has 1 aliphatic rings. The molecule has 5 heteroatoms. The summed E-state index contributed by atoms with van der Waals surface area (Å²) >= 11 is 0. The molecule has 0 unspecified atom stereocenters. The fraction of sp³-hybridized carbons (Fsp3) is 0.188. The highest BCUT2D eigenvalue weighted by Crippen LogP contribution is 2.42. The van der Waals surface area contributed by atoms with E-state index in [0.717, 1.165) is 41.4 Å². The molecule has 4 rings (SSSR count). The summed E-state index contributed by atoms with van der Waals surface area (Å²) in [5.41, 5.74) is 3.15. The van der Waals surface area contributed by atoms with Crippen molar-refractivity contribution in [1.82, 2.24) is 14.8 Å². The molecule has 0 atom stereocenters. The van der Waals surface area contributed by atoms with E-state index in [1.807, 2.05) is 22.9 Å². The molecule has 1 N–H and O–H groups in total. The largest absolute Gasteiger partial charge is 0.322 e. The van der Waals surface area contributed by atoms with Crippen LogP contribution >= 0.6 is 0 Å². The lowest BCUT2D eigenvalue weighted by Gasteiger charge is -2.10. The molecule has 21 heavy (non-hydrogen) atoms. The van der Waals surface area contributed by atoms with Crippen molar-refractivity contribution in [3.63, 3.8) is 0 Å². The number of fused-ring (bicyclic) bond motifs is 1. The summed E-state index contributed by atoms with van der Waals surface area (Å²) in [6.45, 7) is 0. The maximum atomic E-state index is 11.4. The number of H-pyrrole nitrogens is 1. The number of aldehydes is 1. The minimum Gasteiger partial charge on any atom is -0.322 e. The van der Waals surface area contributed by atoms with Crippen molar-refractivity contribution in [2.24, 2.45) is 0 Å². The summed E-state index contributed by atoms with van der Waals surface area (Å²) < 4.78 is 1.84. The van der Waals surface area contributed by atoms with Gasteiger partial charge in [0.05, 0.1) is 28.7 Å². The standard InChI is InChI=1S/C16H13N3O2/c20-9-11-8-17-19(16(11)10-4-5-10)14-3-1-2-13-12(14)6-7-15(21)18-13/h1-3,6-10H,4-5H2,(H,18,21). The molecule has 0 aliphatic heterocycles. The number of aromatic nitrogens is 3. The molecule has 5 nitrogen and oxygen atoms in total. The normalized spacial score (nSPS) is 14.5. The molecule has 0 amide bonds. The number of benzene rings is 1. The molecule has 0 saturated heterocycles. The molecule has 1 saturated carbocycles. The van der Waals surface area contributed by atoms with Gasteiger partial charge >= 0.3 is 0 Å². The minimum atomic E-state index is -0.129. The molecule has 0 radical (unpaired) electrons. The maximum Gasteiger partial charge on any atom is 0.248 e. The molecule has 0 spiro atoms. The number of carbonyl (C=O) groups excluding carboxylic acids is 1. The first kappa shape index (κ1) is 12.1. The van der Waals surface area contributed by atoms with Gasteiger partial charge in [-0.05, 0) is 31.0 Å². The average Bonchev–Trinajstić information content (AvgIpc) is 3.25. The van der Waals surface area contributed by atoms with Crippen LogP contribution < -0.4 is 5.56 Å². The van der Waals surface area contributed by atoms with Gasteiger partial charge in [0.2, 0.25) is 5.56 Å². The van der Waals surface area contributed by atoms with Crippen LogP contribution in [-0.2, 0) is 0 Å². The van der Waals surface area contributed by atoms with Gasteiger partial charge in [-0.2, -0.15) is 5.10 Å². The number of hydrogen-bond acceptors (Lipinski definition) is 3. The molecular formula is C16H13N3O2. The van der Waals surface area contributed by atoms with E-state index in [0.29, 0.717) is 11.5 Å². The van der Waals surface area contributed by atoms with Gasteiger partial charge in [-0.1, -0.05) is 6.07 Å². The lowest BCUT2D eigenvalue weighted by Crippen LogP contribution is -2.06. The highest BCUT2D eigenvalue weighted by molar-refractivity contribution is 5.87. The van der Waals surface area contributed by atoms with Crippen LogP contribution in [0.3, 0.4) is 0 Å². The van der Waals surface area contributed by atoms with Crippen molar-refractivity contribution >= 4 is 17.2 Å². The molecule has 3 aromatic rings. The van der Waals surface area contributed by atoms with Gasteiger partial charge in [0, 0.05) is 17.4 Å². The summed E-state index contributed by atoms with van der Waals surface area (Å²) in [7, 11) is 0. The fourth-order valence-corrected chi connectivity index (χ4v) is 2.77. The first-order valence-electron chi connectivity index (χ1n) is 6.93. The second-order valence-electron chi connectivity index (χ2n) is 5.35.